The summed E-state index contributed by atoms with van der Waals surface area (Å²) in [7, 11) is 0. The van der Waals surface area contributed by atoms with Crippen molar-refractivity contribution in [3.05, 3.63) is 61.2 Å². The Morgan fingerprint density at radius 3 is 2.42 bits per heavy atom. The molecule has 1 nitrogen and oxygen atoms in total. The van der Waals surface area contributed by atoms with Gasteiger partial charge in [-0.05, 0) is 68.6 Å². The van der Waals surface area contributed by atoms with Crippen molar-refractivity contribution in [3.8, 4) is 0 Å². The molecule has 0 amide bonds. The normalized spacial score (nSPS) is 10.6. The Kier molecular flexibility index (Phi) is 4.87. The van der Waals surface area contributed by atoms with Crippen LogP contribution in [0.2, 0.25) is 5.02 Å². The van der Waals surface area contributed by atoms with Gasteiger partial charge >= 0.3 is 0 Å². The molecule has 2 rings (SSSR count). The van der Waals surface area contributed by atoms with Crippen LogP contribution in [-0.2, 0) is 6.54 Å². The summed E-state index contributed by atoms with van der Waals surface area (Å²) < 4.78 is 15.5. The van der Waals surface area contributed by atoms with Gasteiger partial charge in [-0.2, -0.15) is 0 Å². The molecule has 0 saturated carbocycles. The van der Waals surface area contributed by atoms with Gasteiger partial charge in [0.2, 0.25) is 0 Å². The highest BCUT2D eigenvalue weighted by atomic mass is 79.9. The highest BCUT2D eigenvalue weighted by Gasteiger charge is 2.10. The molecule has 0 aliphatic carbocycles. The Morgan fingerprint density at radius 1 is 1.21 bits per heavy atom. The van der Waals surface area contributed by atoms with E-state index in [1.165, 1.54) is 6.07 Å². The molecule has 0 radical (unpaired) electrons. The molecule has 0 spiro atoms. The molecule has 2 aromatic rings. The lowest BCUT2D eigenvalue weighted by Gasteiger charge is -2.13. The van der Waals surface area contributed by atoms with Crippen LogP contribution in [0.1, 0.15) is 11.1 Å². The van der Waals surface area contributed by atoms with Crippen LogP contribution in [0.5, 0.6) is 0 Å². The molecule has 0 fully saturated rings. The predicted octanol–water partition coefficient (Wildman–Crippen LogP) is 5.92. The Morgan fingerprint density at radius 2 is 1.84 bits per heavy atom. The lowest BCUT2D eigenvalue weighted by atomic mass is 10.2. The Labute approximate surface area is 133 Å². The van der Waals surface area contributed by atoms with Crippen molar-refractivity contribution >= 4 is 49.1 Å². The van der Waals surface area contributed by atoms with E-state index in [0.717, 1.165) is 20.2 Å². The largest absolute Gasteiger partial charge is 0.379 e. The van der Waals surface area contributed by atoms with Gasteiger partial charge in [-0.1, -0.05) is 17.7 Å². The second kappa shape index (κ2) is 6.25. The highest BCUT2D eigenvalue weighted by molar-refractivity contribution is 9.11. The van der Waals surface area contributed by atoms with Crippen LogP contribution in [0.3, 0.4) is 0 Å². The first-order chi connectivity index (χ1) is 8.99. The van der Waals surface area contributed by atoms with Gasteiger partial charge in [0.1, 0.15) is 5.82 Å². The second-order valence-electron chi connectivity index (χ2n) is 4.16. The number of anilines is 1. The fraction of sp³-hybridized carbons (Fsp3) is 0.143. The number of halogens is 4. The fourth-order valence-electron chi connectivity index (χ4n) is 1.75. The maximum Gasteiger partial charge on any atom is 0.129 e. The van der Waals surface area contributed by atoms with Crippen molar-refractivity contribution in [1.82, 2.24) is 0 Å². The van der Waals surface area contributed by atoms with E-state index in [4.69, 9.17) is 11.6 Å². The molecule has 0 atom stereocenters. The van der Waals surface area contributed by atoms with Gasteiger partial charge in [-0.15, -0.1) is 0 Å². The summed E-state index contributed by atoms with van der Waals surface area (Å²) in [5, 5.41) is 3.61. The van der Waals surface area contributed by atoms with Gasteiger partial charge in [0.25, 0.3) is 0 Å². The van der Waals surface area contributed by atoms with E-state index in [2.05, 4.69) is 37.2 Å². The van der Waals surface area contributed by atoms with Crippen molar-refractivity contribution in [2.75, 3.05) is 5.32 Å². The van der Waals surface area contributed by atoms with Gasteiger partial charge in [0.15, 0.2) is 0 Å². The van der Waals surface area contributed by atoms with Crippen molar-refractivity contribution in [2.45, 2.75) is 13.5 Å². The molecule has 0 aromatic heterocycles. The van der Waals surface area contributed by atoms with E-state index in [0.29, 0.717) is 17.1 Å². The van der Waals surface area contributed by atoms with Crippen LogP contribution >= 0.6 is 43.5 Å². The van der Waals surface area contributed by atoms with Crippen LogP contribution in [0.15, 0.2) is 39.3 Å². The predicted molar refractivity (Wildman–Crippen MR) is 85.3 cm³/mol. The van der Waals surface area contributed by atoms with E-state index in [9.17, 15) is 4.39 Å². The van der Waals surface area contributed by atoms with Crippen LogP contribution < -0.4 is 5.32 Å². The van der Waals surface area contributed by atoms with E-state index < -0.39 is 0 Å². The smallest absolute Gasteiger partial charge is 0.129 e. The van der Waals surface area contributed by atoms with Gasteiger partial charge < -0.3 is 5.32 Å². The van der Waals surface area contributed by atoms with E-state index in [-0.39, 0.29) is 5.82 Å². The summed E-state index contributed by atoms with van der Waals surface area (Å²) in [6.07, 6.45) is 0. The quantitative estimate of drug-likeness (QED) is 0.665. The van der Waals surface area contributed by atoms with Crippen LogP contribution in [0.4, 0.5) is 10.1 Å². The zero-order valence-corrected chi connectivity index (χ0v) is 14.0. The maximum absolute atomic E-state index is 13.7. The van der Waals surface area contributed by atoms with E-state index in [1.807, 2.05) is 19.1 Å². The summed E-state index contributed by atoms with van der Waals surface area (Å²) in [5.41, 5.74) is 2.47. The van der Waals surface area contributed by atoms with Gasteiger partial charge in [-0.25, -0.2) is 4.39 Å². The summed E-state index contributed by atoms with van der Waals surface area (Å²) in [5.74, 6) is -0.306. The van der Waals surface area contributed by atoms with E-state index in [1.54, 1.807) is 12.1 Å². The monoisotopic (exact) mass is 405 g/mol. The molecule has 1 N–H and O–H groups in total. The lowest BCUT2D eigenvalue weighted by molar-refractivity contribution is 0.613. The molecule has 0 aliphatic heterocycles. The molecule has 0 bridgehead atoms. The van der Waals surface area contributed by atoms with Crippen LogP contribution in [-0.4, -0.2) is 0 Å². The summed E-state index contributed by atoms with van der Waals surface area (Å²) in [6, 6.07) is 8.67. The maximum atomic E-state index is 13.7. The van der Waals surface area contributed by atoms with Gasteiger partial charge in [0.05, 0.1) is 5.69 Å². The fourth-order valence-corrected chi connectivity index (χ4v) is 3.67. The average molecular weight is 408 g/mol. The highest BCUT2D eigenvalue weighted by Crippen LogP contribution is 2.33. The standard InChI is InChI=1S/C14H11Br2ClFN/c1-8-5-10(15)14(11(16)6-8)19-7-9-12(17)3-2-4-13(9)18/h2-6,19H,7H2,1H3. The summed E-state index contributed by atoms with van der Waals surface area (Å²) in [4.78, 5) is 0. The third kappa shape index (κ3) is 3.50. The molecular weight excluding hydrogens is 396 g/mol. The number of rotatable bonds is 3. The summed E-state index contributed by atoms with van der Waals surface area (Å²) in [6.45, 7) is 2.33. The van der Waals surface area contributed by atoms with Crippen LogP contribution in [0, 0.1) is 12.7 Å². The average Bonchev–Trinajstić information content (AvgIpc) is 2.31. The number of hydrogen-bond acceptors (Lipinski definition) is 1. The topological polar surface area (TPSA) is 12.0 Å². The first kappa shape index (κ1) is 14.8. The van der Waals surface area contributed by atoms with Crippen molar-refractivity contribution in [3.63, 3.8) is 0 Å². The molecule has 100 valence electrons. The molecule has 19 heavy (non-hydrogen) atoms. The Bertz CT molecular complexity index is 573. The third-order valence-corrected chi connectivity index (χ3v) is 4.30. The molecule has 0 saturated heterocycles. The molecule has 2 aromatic carbocycles. The van der Waals surface area contributed by atoms with Gasteiger partial charge in [0, 0.05) is 26.1 Å². The number of hydrogen-bond donors (Lipinski definition) is 1. The minimum absolute atomic E-state index is 0.306. The zero-order valence-electron chi connectivity index (χ0n) is 10.1. The SMILES string of the molecule is Cc1cc(Br)c(NCc2c(F)cccc2Cl)c(Br)c1. The van der Waals surface area contributed by atoms with Crippen molar-refractivity contribution in [1.29, 1.82) is 0 Å². The number of benzene rings is 2. The van der Waals surface area contributed by atoms with Crippen LogP contribution in [0.25, 0.3) is 0 Å². The molecular formula is C14H11Br2ClFN. The minimum atomic E-state index is -0.306. The molecule has 0 aliphatic rings. The summed E-state index contributed by atoms with van der Waals surface area (Å²) >= 11 is 13.0. The van der Waals surface area contributed by atoms with E-state index >= 15 is 0 Å². The second-order valence-corrected chi connectivity index (χ2v) is 6.27. The minimum Gasteiger partial charge on any atom is -0.379 e. The first-order valence-corrected chi connectivity index (χ1v) is 7.58. The van der Waals surface area contributed by atoms with Crippen molar-refractivity contribution in [2.24, 2.45) is 0 Å². The first-order valence-electron chi connectivity index (χ1n) is 5.61. The number of nitrogens with one attached hydrogen (secondary N) is 1. The Hall–Kier alpha value is -0.580. The molecule has 0 unspecified atom stereocenters. The molecule has 0 heterocycles. The lowest BCUT2D eigenvalue weighted by Crippen LogP contribution is -2.04. The number of aryl methyl sites for hydroxylation is 1. The van der Waals surface area contributed by atoms with Gasteiger partial charge in [-0.3, -0.25) is 0 Å². The third-order valence-electron chi connectivity index (χ3n) is 2.69. The van der Waals surface area contributed by atoms with Crippen molar-refractivity contribution < 1.29 is 4.39 Å². The Balaban J connectivity index is 2.24. The molecule has 5 heteroatoms. The zero-order chi connectivity index (χ0) is 14.0.